The molecule has 0 radical (unpaired) electrons. The molecule has 0 aromatic heterocycles. The van der Waals surface area contributed by atoms with Gasteiger partial charge in [0.2, 0.25) is 20.0 Å². The van der Waals surface area contributed by atoms with Gasteiger partial charge in [-0.3, -0.25) is 4.55 Å². The normalized spacial score (nSPS) is 12.6. The predicted octanol–water partition coefficient (Wildman–Crippen LogP) is 6.45. The van der Waals surface area contributed by atoms with E-state index < -0.39 is 58.0 Å². The molecule has 55 heavy (non-hydrogen) atoms. The minimum Gasteiger partial charge on any atom is -0.506 e. The second-order valence-electron chi connectivity index (χ2n) is 11.6. The average molecular weight is 808 g/mol. The molecule has 0 unspecified atom stereocenters. The Kier molecular flexibility index (Phi) is 10.2. The number of fused-ring (bicyclic) bond motifs is 2. The molecule has 21 heteroatoms. The van der Waals surface area contributed by atoms with Crippen molar-refractivity contribution in [3.8, 4) is 23.0 Å². The lowest BCUT2D eigenvalue weighted by Crippen LogP contribution is -2.18. The summed E-state index contributed by atoms with van der Waals surface area (Å²) in [7, 11) is -10.4. The smallest absolute Gasteiger partial charge is 0.295 e. The van der Waals surface area contributed by atoms with Crippen molar-refractivity contribution in [2.45, 2.75) is 14.7 Å². The lowest BCUT2D eigenvalue weighted by Gasteiger charge is -2.13. The highest BCUT2D eigenvalue weighted by atomic mass is 32.2. The largest absolute Gasteiger partial charge is 0.506 e. The summed E-state index contributed by atoms with van der Waals surface area (Å²) in [5.74, 6) is -1.76. The Morgan fingerprint density at radius 3 is 1.89 bits per heavy atom. The molecule has 0 amide bonds. The van der Waals surface area contributed by atoms with Gasteiger partial charge in [-0.15, -0.1) is 20.5 Å². The van der Waals surface area contributed by atoms with Gasteiger partial charge in [-0.25, -0.2) is 26.3 Å². The third-order valence-electron chi connectivity index (χ3n) is 8.14. The number of azo groups is 2. The Labute approximate surface area is 313 Å². The number of aromatic hydroxyl groups is 4. The second kappa shape index (κ2) is 14.5. The van der Waals surface area contributed by atoms with Gasteiger partial charge in [-0.1, -0.05) is 12.1 Å². The molecule has 8 N–H and O–H groups in total. The Bertz CT molecular complexity index is 2940. The van der Waals surface area contributed by atoms with E-state index >= 15 is 0 Å². The highest BCUT2D eigenvalue weighted by molar-refractivity contribution is 7.89. The van der Waals surface area contributed by atoms with Gasteiger partial charge < -0.3 is 25.7 Å². The fraction of sp³-hybridized carbons (Fsp3) is 0.0588. The summed E-state index contributed by atoms with van der Waals surface area (Å²) in [5.41, 5.74) is -0.286. The van der Waals surface area contributed by atoms with Crippen molar-refractivity contribution >= 4 is 85.8 Å². The summed E-state index contributed by atoms with van der Waals surface area (Å²) in [6.45, 7) is 0. The van der Waals surface area contributed by atoms with Gasteiger partial charge in [-0.05, 0) is 104 Å². The number of phenols is 4. The maximum atomic E-state index is 12.5. The maximum absolute atomic E-state index is 12.5. The fourth-order valence-corrected chi connectivity index (χ4v) is 7.68. The van der Waals surface area contributed by atoms with Crippen molar-refractivity contribution in [3.05, 3.63) is 91.0 Å². The van der Waals surface area contributed by atoms with Crippen LogP contribution >= 0.6 is 0 Å². The van der Waals surface area contributed by atoms with E-state index in [2.05, 4.69) is 35.2 Å². The Balaban J connectivity index is 1.32. The third-order valence-corrected chi connectivity index (χ3v) is 11.9. The zero-order valence-corrected chi connectivity index (χ0v) is 30.8. The van der Waals surface area contributed by atoms with Gasteiger partial charge in [0, 0.05) is 22.1 Å². The van der Waals surface area contributed by atoms with Crippen LogP contribution in [-0.4, -0.2) is 64.3 Å². The van der Waals surface area contributed by atoms with Gasteiger partial charge >= 0.3 is 0 Å². The van der Waals surface area contributed by atoms with Crippen LogP contribution in [0.25, 0.3) is 21.5 Å². The Hall–Kier alpha value is -6.23. The van der Waals surface area contributed by atoms with E-state index in [0.29, 0.717) is 22.1 Å². The highest BCUT2D eigenvalue weighted by Crippen LogP contribution is 2.43. The molecule has 0 heterocycles. The number of hydrogen-bond acceptors (Lipinski definition) is 15. The molecular weight excluding hydrogens is 779 g/mol. The van der Waals surface area contributed by atoms with Gasteiger partial charge in [0.25, 0.3) is 10.1 Å². The Morgan fingerprint density at radius 2 is 1.18 bits per heavy atom. The van der Waals surface area contributed by atoms with Crippen LogP contribution in [0.2, 0.25) is 0 Å². The van der Waals surface area contributed by atoms with Gasteiger partial charge in [0.1, 0.15) is 49.8 Å². The van der Waals surface area contributed by atoms with E-state index in [1.165, 1.54) is 62.6 Å². The SMILES string of the molecule is CNS(=O)(=O)c1ccc(O)c(N=Nc2cc(S(=O)(=O)O)c3cc(Nc4ccc5cc(N=Nc6c(O)cccc6S(=O)(=O)NC)c(O)cc5c4)ccc3c2O)c1. The van der Waals surface area contributed by atoms with Gasteiger partial charge in [0.05, 0.1) is 4.90 Å². The summed E-state index contributed by atoms with van der Waals surface area (Å²) < 4.78 is 88.6. The molecule has 284 valence electrons. The summed E-state index contributed by atoms with van der Waals surface area (Å²) in [6, 6.07) is 19.9. The molecule has 6 aromatic rings. The number of anilines is 2. The molecule has 0 bridgehead atoms. The number of benzene rings is 6. The average Bonchev–Trinajstić information content (AvgIpc) is 3.14. The summed E-state index contributed by atoms with van der Waals surface area (Å²) >= 11 is 0. The lowest BCUT2D eigenvalue weighted by atomic mass is 10.1. The van der Waals surface area contributed by atoms with Crippen LogP contribution in [0.4, 0.5) is 34.1 Å². The minimum atomic E-state index is -4.92. The molecule has 6 aromatic carbocycles. The van der Waals surface area contributed by atoms with Crippen molar-refractivity contribution < 1.29 is 50.2 Å². The van der Waals surface area contributed by atoms with Crippen molar-refractivity contribution in [2.75, 3.05) is 19.4 Å². The molecule has 0 aliphatic carbocycles. The number of nitrogens with one attached hydrogen (secondary N) is 3. The van der Waals surface area contributed by atoms with Crippen LogP contribution in [0, 0.1) is 0 Å². The number of nitrogens with zero attached hydrogens (tertiary/aromatic N) is 4. The molecule has 6 rings (SSSR count). The second-order valence-corrected chi connectivity index (χ2v) is 16.7. The maximum Gasteiger partial charge on any atom is 0.295 e. The highest BCUT2D eigenvalue weighted by Gasteiger charge is 2.22. The number of phenolic OH excluding ortho intramolecular Hbond substituents is 4. The zero-order valence-electron chi connectivity index (χ0n) is 28.4. The number of sulfonamides is 2. The minimum absolute atomic E-state index is 0.0256. The van der Waals surface area contributed by atoms with E-state index in [4.69, 9.17) is 0 Å². The third kappa shape index (κ3) is 7.87. The fourth-order valence-electron chi connectivity index (χ4n) is 5.35. The van der Waals surface area contributed by atoms with Crippen LogP contribution in [0.15, 0.2) is 126 Å². The zero-order chi connectivity index (χ0) is 39.9. The molecule has 0 saturated carbocycles. The van der Waals surface area contributed by atoms with Crippen molar-refractivity contribution in [1.82, 2.24) is 9.44 Å². The van der Waals surface area contributed by atoms with Gasteiger partial charge in [-0.2, -0.15) is 8.42 Å². The topological polar surface area (TPSA) is 289 Å². The van der Waals surface area contributed by atoms with E-state index in [0.717, 1.165) is 24.3 Å². The van der Waals surface area contributed by atoms with Crippen LogP contribution in [-0.2, 0) is 30.2 Å². The van der Waals surface area contributed by atoms with E-state index in [1.54, 1.807) is 18.2 Å². The molecule has 0 fully saturated rings. The first-order valence-electron chi connectivity index (χ1n) is 15.6. The van der Waals surface area contributed by atoms with Crippen molar-refractivity contribution in [2.24, 2.45) is 20.5 Å². The van der Waals surface area contributed by atoms with Gasteiger partial charge in [0.15, 0.2) is 5.75 Å². The van der Waals surface area contributed by atoms with Crippen LogP contribution in [0.1, 0.15) is 0 Å². The Morgan fingerprint density at radius 1 is 0.527 bits per heavy atom. The molecule has 0 aliphatic rings. The predicted molar refractivity (Wildman–Crippen MR) is 201 cm³/mol. The molecule has 0 atom stereocenters. The van der Waals surface area contributed by atoms with Crippen molar-refractivity contribution in [3.63, 3.8) is 0 Å². The van der Waals surface area contributed by atoms with Crippen LogP contribution in [0.5, 0.6) is 23.0 Å². The molecule has 0 spiro atoms. The standard InChI is InChI=1S/C34H29N7O11S3/c1-35-53(46,47)22-9-11-28(42)26(16-22)38-40-27-17-32(55(50,51)52)24-15-21(8-10-23(24)34(27)45)37-20-7-6-18-13-25(30(44)14-19(18)12-20)39-41-33-29(43)4-3-5-31(33)54(48,49)36-2/h3-17,35-37,42-45H,1-2H3,(H,50,51,52). The molecule has 18 nitrogen and oxygen atoms in total. The van der Waals surface area contributed by atoms with Crippen LogP contribution < -0.4 is 14.8 Å². The molecule has 0 aliphatic heterocycles. The summed E-state index contributed by atoms with van der Waals surface area (Å²) in [5, 5.41) is 61.8. The van der Waals surface area contributed by atoms with E-state index in [9.17, 15) is 50.2 Å². The summed E-state index contributed by atoms with van der Waals surface area (Å²) in [6.07, 6.45) is 0. The number of hydrogen-bond donors (Lipinski definition) is 8. The first-order valence-corrected chi connectivity index (χ1v) is 20.0. The van der Waals surface area contributed by atoms with Crippen LogP contribution in [0.3, 0.4) is 0 Å². The molecule has 0 saturated heterocycles. The van der Waals surface area contributed by atoms with E-state index in [1.807, 2.05) is 0 Å². The lowest BCUT2D eigenvalue weighted by molar-refractivity contribution is 0.473. The quantitative estimate of drug-likeness (QED) is 0.0517. The summed E-state index contributed by atoms with van der Waals surface area (Å²) in [4.78, 5) is -1.21. The van der Waals surface area contributed by atoms with E-state index in [-0.39, 0.29) is 43.4 Å². The van der Waals surface area contributed by atoms with Crippen molar-refractivity contribution in [1.29, 1.82) is 0 Å². The molecular formula is C34H29N7O11S3. The first kappa shape index (κ1) is 38.5. The first-order chi connectivity index (χ1) is 25.9. The number of rotatable bonds is 11. The monoisotopic (exact) mass is 807 g/mol.